The quantitative estimate of drug-likeness (QED) is 0.915. The van der Waals surface area contributed by atoms with E-state index in [1.807, 2.05) is 19.1 Å². The Morgan fingerprint density at radius 1 is 1.39 bits per heavy atom. The third-order valence-corrected chi connectivity index (χ3v) is 3.99. The van der Waals surface area contributed by atoms with E-state index >= 15 is 0 Å². The average molecular weight is 285 g/mol. The van der Waals surface area contributed by atoms with Gasteiger partial charge in [-0.25, -0.2) is 0 Å². The second-order valence-corrected chi connectivity index (χ2v) is 6.18. The highest BCUT2D eigenvalue weighted by Crippen LogP contribution is 2.23. The molecule has 0 radical (unpaired) electrons. The van der Waals surface area contributed by atoms with E-state index in [0.29, 0.717) is 6.54 Å². The SMILES string of the molecule is Cc1oc(CN(C)Cc2ccc(Cl)s2)cc1CN. The van der Waals surface area contributed by atoms with E-state index in [1.54, 1.807) is 11.3 Å². The van der Waals surface area contributed by atoms with Gasteiger partial charge < -0.3 is 10.2 Å². The summed E-state index contributed by atoms with van der Waals surface area (Å²) in [5.74, 6) is 1.87. The van der Waals surface area contributed by atoms with Gasteiger partial charge in [0.15, 0.2) is 0 Å². The third-order valence-electron chi connectivity index (χ3n) is 2.77. The van der Waals surface area contributed by atoms with Crippen LogP contribution in [-0.2, 0) is 19.6 Å². The molecule has 0 aliphatic heterocycles. The van der Waals surface area contributed by atoms with Crippen molar-refractivity contribution in [1.82, 2.24) is 4.90 Å². The zero-order valence-corrected chi connectivity index (χ0v) is 12.1. The molecule has 98 valence electrons. The van der Waals surface area contributed by atoms with Crippen molar-refractivity contribution in [3.8, 4) is 0 Å². The van der Waals surface area contributed by atoms with Crippen LogP contribution in [0.1, 0.15) is 22.0 Å². The summed E-state index contributed by atoms with van der Waals surface area (Å²) in [6.45, 7) is 4.12. The monoisotopic (exact) mass is 284 g/mol. The van der Waals surface area contributed by atoms with Crippen molar-refractivity contribution in [1.29, 1.82) is 0 Å². The van der Waals surface area contributed by atoms with Crippen LogP contribution < -0.4 is 5.73 Å². The van der Waals surface area contributed by atoms with Crippen molar-refractivity contribution in [2.24, 2.45) is 5.73 Å². The Morgan fingerprint density at radius 2 is 2.17 bits per heavy atom. The third kappa shape index (κ3) is 3.36. The summed E-state index contributed by atoms with van der Waals surface area (Å²) in [7, 11) is 2.06. The van der Waals surface area contributed by atoms with E-state index in [1.165, 1.54) is 4.88 Å². The average Bonchev–Trinajstić information content (AvgIpc) is 2.85. The number of hydrogen-bond donors (Lipinski definition) is 1. The lowest BCUT2D eigenvalue weighted by Gasteiger charge is -2.13. The molecule has 2 heterocycles. The molecule has 0 fully saturated rings. The Balaban J connectivity index is 1.96. The standard InChI is InChI=1S/C13H17ClN2OS/c1-9-10(6-15)5-11(17-9)7-16(2)8-12-3-4-13(14)18-12/h3-5H,6-8,15H2,1-2H3. The van der Waals surface area contributed by atoms with Crippen molar-refractivity contribution < 1.29 is 4.42 Å². The summed E-state index contributed by atoms with van der Waals surface area (Å²) in [4.78, 5) is 3.45. The van der Waals surface area contributed by atoms with E-state index in [0.717, 1.165) is 34.5 Å². The van der Waals surface area contributed by atoms with Crippen LogP contribution in [0.15, 0.2) is 22.6 Å². The minimum absolute atomic E-state index is 0.527. The number of nitrogens with two attached hydrogens (primary N) is 1. The largest absolute Gasteiger partial charge is 0.465 e. The second kappa shape index (κ2) is 5.89. The lowest BCUT2D eigenvalue weighted by molar-refractivity contribution is 0.287. The highest BCUT2D eigenvalue weighted by atomic mass is 35.5. The molecular weight excluding hydrogens is 268 g/mol. The number of aryl methyl sites for hydroxylation is 1. The van der Waals surface area contributed by atoms with Crippen molar-refractivity contribution in [3.05, 3.63) is 44.5 Å². The maximum Gasteiger partial charge on any atom is 0.118 e. The minimum atomic E-state index is 0.527. The first-order valence-corrected chi connectivity index (χ1v) is 6.99. The van der Waals surface area contributed by atoms with Gasteiger partial charge in [-0.1, -0.05) is 11.6 Å². The number of thiophene rings is 1. The molecule has 2 N–H and O–H groups in total. The molecule has 5 heteroatoms. The van der Waals surface area contributed by atoms with Gasteiger partial charge in [-0.05, 0) is 32.2 Å². The van der Waals surface area contributed by atoms with Crippen LogP contribution in [0.5, 0.6) is 0 Å². The number of rotatable bonds is 5. The van der Waals surface area contributed by atoms with Crippen LogP contribution in [0.25, 0.3) is 0 Å². The fourth-order valence-corrected chi connectivity index (χ4v) is 3.06. The van der Waals surface area contributed by atoms with Gasteiger partial charge in [0.25, 0.3) is 0 Å². The summed E-state index contributed by atoms with van der Waals surface area (Å²) in [6.07, 6.45) is 0. The van der Waals surface area contributed by atoms with Crippen LogP contribution in [0.4, 0.5) is 0 Å². The molecule has 0 unspecified atom stereocenters. The van der Waals surface area contributed by atoms with Crippen LogP contribution >= 0.6 is 22.9 Å². The predicted octanol–water partition coefficient (Wildman–Crippen LogP) is 3.39. The topological polar surface area (TPSA) is 42.4 Å². The molecule has 0 aliphatic carbocycles. The Morgan fingerprint density at radius 3 is 2.72 bits per heavy atom. The fraction of sp³-hybridized carbons (Fsp3) is 0.385. The molecule has 0 aromatic carbocycles. The normalized spacial score (nSPS) is 11.4. The summed E-state index contributed by atoms with van der Waals surface area (Å²) in [6, 6.07) is 6.02. The van der Waals surface area contributed by atoms with Gasteiger partial charge in [0.1, 0.15) is 11.5 Å². The van der Waals surface area contributed by atoms with Gasteiger partial charge in [0.2, 0.25) is 0 Å². The molecule has 0 saturated carbocycles. The molecule has 2 rings (SSSR count). The molecule has 0 saturated heterocycles. The Hall–Kier alpha value is -0.810. The molecular formula is C13H17ClN2OS. The van der Waals surface area contributed by atoms with Crippen molar-refractivity contribution in [2.45, 2.75) is 26.6 Å². The van der Waals surface area contributed by atoms with E-state index in [2.05, 4.69) is 18.0 Å². The molecule has 2 aromatic rings. The maximum atomic E-state index is 5.91. The van der Waals surface area contributed by atoms with Crippen LogP contribution in [0.2, 0.25) is 4.34 Å². The zero-order chi connectivity index (χ0) is 13.1. The van der Waals surface area contributed by atoms with Crippen molar-refractivity contribution in [3.63, 3.8) is 0 Å². The molecule has 0 aliphatic rings. The highest BCUT2D eigenvalue weighted by molar-refractivity contribution is 7.16. The lowest BCUT2D eigenvalue weighted by Crippen LogP contribution is -2.16. The van der Waals surface area contributed by atoms with Gasteiger partial charge in [-0.3, -0.25) is 4.90 Å². The summed E-state index contributed by atoms with van der Waals surface area (Å²) >= 11 is 7.53. The molecule has 3 nitrogen and oxygen atoms in total. The van der Waals surface area contributed by atoms with E-state index < -0.39 is 0 Å². The fourth-order valence-electron chi connectivity index (χ4n) is 1.89. The number of nitrogens with zero attached hydrogens (tertiary/aromatic N) is 1. The van der Waals surface area contributed by atoms with Gasteiger partial charge >= 0.3 is 0 Å². The minimum Gasteiger partial charge on any atom is -0.465 e. The first-order valence-electron chi connectivity index (χ1n) is 5.79. The lowest BCUT2D eigenvalue weighted by atomic mass is 10.2. The van der Waals surface area contributed by atoms with Crippen LogP contribution in [0.3, 0.4) is 0 Å². The molecule has 18 heavy (non-hydrogen) atoms. The van der Waals surface area contributed by atoms with E-state index in [-0.39, 0.29) is 0 Å². The van der Waals surface area contributed by atoms with Gasteiger partial charge in [0.05, 0.1) is 10.9 Å². The molecule has 0 amide bonds. The number of hydrogen-bond acceptors (Lipinski definition) is 4. The van der Waals surface area contributed by atoms with Gasteiger partial charge in [-0.2, -0.15) is 0 Å². The van der Waals surface area contributed by atoms with Crippen LogP contribution in [0, 0.1) is 6.92 Å². The van der Waals surface area contributed by atoms with Gasteiger partial charge in [0, 0.05) is 23.5 Å². The second-order valence-electron chi connectivity index (χ2n) is 4.38. The van der Waals surface area contributed by atoms with Crippen molar-refractivity contribution in [2.75, 3.05) is 7.05 Å². The molecule has 2 aromatic heterocycles. The first kappa shape index (κ1) is 13.6. The Bertz CT molecular complexity index is 521. The summed E-state index contributed by atoms with van der Waals surface area (Å²) < 4.78 is 6.51. The molecule has 0 spiro atoms. The first-order chi connectivity index (χ1) is 8.58. The van der Waals surface area contributed by atoms with Crippen LogP contribution in [-0.4, -0.2) is 11.9 Å². The number of halogens is 1. The summed E-state index contributed by atoms with van der Waals surface area (Å²) in [5, 5.41) is 0. The molecule has 0 bridgehead atoms. The van der Waals surface area contributed by atoms with Crippen molar-refractivity contribution >= 4 is 22.9 Å². The highest BCUT2D eigenvalue weighted by Gasteiger charge is 2.09. The van der Waals surface area contributed by atoms with E-state index in [9.17, 15) is 0 Å². The Labute approximate surface area is 116 Å². The predicted molar refractivity (Wildman–Crippen MR) is 75.8 cm³/mol. The summed E-state index contributed by atoms with van der Waals surface area (Å²) in [5.41, 5.74) is 6.72. The zero-order valence-electron chi connectivity index (χ0n) is 10.6. The van der Waals surface area contributed by atoms with E-state index in [4.69, 9.17) is 21.8 Å². The maximum absolute atomic E-state index is 5.91. The number of furan rings is 1. The Kier molecular flexibility index (Phi) is 4.45. The smallest absolute Gasteiger partial charge is 0.118 e. The van der Waals surface area contributed by atoms with Gasteiger partial charge in [-0.15, -0.1) is 11.3 Å². The molecule has 0 atom stereocenters.